The molecular formula is C10H15N3OS. The van der Waals surface area contributed by atoms with Crippen LogP contribution >= 0.6 is 11.8 Å². The van der Waals surface area contributed by atoms with Gasteiger partial charge in [0, 0.05) is 25.1 Å². The Balaban J connectivity index is 1.86. The van der Waals surface area contributed by atoms with Crippen molar-refractivity contribution in [3.8, 4) is 0 Å². The summed E-state index contributed by atoms with van der Waals surface area (Å²) in [7, 11) is 0. The maximum atomic E-state index is 5.31. The van der Waals surface area contributed by atoms with Gasteiger partial charge in [0.1, 0.15) is 17.2 Å². The molecular weight excluding hydrogens is 210 g/mol. The molecule has 1 atom stereocenters. The van der Waals surface area contributed by atoms with Gasteiger partial charge in [-0.3, -0.25) is 0 Å². The minimum absolute atomic E-state index is 0.623. The van der Waals surface area contributed by atoms with Gasteiger partial charge in [0.2, 0.25) is 0 Å². The minimum atomic E-state index is 0.623. The molecule has 0 saturated carbocycles. The van der Waals surface area contributed by atoms with Gasteiger partial charge in [0.25, 0.3) is 0 Å². The second kappa shape index (κ2) is 5.32. The molecule has 2 rings (SSSR count). The highest BCUT2D eigenvalue weighted by Crippen LogP contribution is 2.16. The van der Waals surface area contributed by atoms with Crippen LogP contribution < -0.4 is 5.32 Å². The van der Waals surface area contributed by atoms with Crippen LogP contribution in [0.3, 0.4) is 0 Å². The van der Waals surface area contributed by atoms with E-state index in [9.17, 15) is 0 Å². The molecule has 0 amide bonds. The molecule has 5 heteroatoms. The fraction of sp³-hybridized carbons (Fsp3) is 0.600. The molecule has 0 aliphatic carbocycles. The standard InChI is InChI=1S/C10H15N3OS/c1-15-10-4-9(12-7-13-10)11-5-8-2-3-14-6-8/h4,7-8H,2-3,5-6H2,1H3,(H,11,12,13). The van der Waals surface area contributed by atoms with Crippen molar-refractivity contribution in [2.75, 3.05) is 31.3 Å². The average Bonchev–Trinajstić information content (AvgIpc) is 2.79. The third kappa shape index (κ3) is 3.07. The van der Waals surface area contributed by atoms with Gasteiger partial charge in [-0.25, -0.2) is 9.97 Å². The van der Waals surface area contributed by atoms with E-state index >= 15 is 0 Å². The summed E-state index contributed by atoms with van der Waals surface area (Å²) in [5.41, 5.74) is 0. The fourth-order valence-electron chi connectivity index (χ4n) is 1.54. The maximum absolute atomic E-state index is 5.31. The largest absolute Gasteiger partial charge is 0.381 e. The number of anilines is 1. The van der Waals surface area contributed by atoms with Crippen molar-refractivity contribution in [1.82, 2.24) is 9.97 Å². The number of aromatic nitrogens is 2. The van der Waals surface area contributed by atoms with Crippen LogP contribution in [0.4, 0.5) is 5.82 Å². The van der Waals surface area contributed by atoms with Crippen LogP contribution in [0.25, 0.3) is 0 Å². The third-order valence-electron chi connectivity index (χ3n) is 2.45. The summed E-state index contributed by atoms with van der Waals surface area (Å²) in [6, 6.07) is 1.97. The average molecular weight is 225 g/mol. The van der Waals surface area contributed by atoms with Gasteiger partial charge in [0.05, 0.1) is 6.61 Å². The normalized spacial score (nSPS) is 20.5. The lowest BCUT2D eigenvalue weighted by Gasteiger charge is -2.09. The first-order chi connectivity index (χ1) is 7.38. The van der Waals surface area contributed by atoms with Crippen LogP contribution in [0.1, 0.15) is 6.42 Å². The summed E-state index contributed by atoms with van der Waals surface area (Å²) in [6.07, 6.45) is 4.75. The Hall–Kier alpha value is -0.810. The van der Waals surface area contributed by atoms with E-state index < -0.39 is 0 Å². The Morgan fingerprint density at radius 1 is 1.60 bits per heavy atom. The second-order valence-electron chi connectivity index (χ2n) is 3.56. The van der Waals surface area contributed by atoms with E-state index in [1.807, 2.05) is 12.3 Å². The number of rotatable bonds is 4. The lowest BCUT2D eigenvalue weighted by Crippen LogP contribution is -2.14. The summed E-state index contributed by atoms with van der Waals surface area (Å²) < 4.78 is 5.31. The Morgan fingerprint density at radius 2 is 2.53 bits per heavy atom. The predicted octanol–water partition coefficient (Wildman–Crippen LogP) is 1.65. The molecule has 1 aromatic rings. The molecule has 0 radical (unpaired) electrons. The molecule has 82 valence electrons. The summed E-state index contributed by atoms with van der Waals surface area (Å²) in [5, 5.41) is 4.31. The van der Waals surface area contributed by atoms with Crippen molar-refractivity contribution in [3.05, 3.63) is 12.4 Å². The molecule has 0 spiro atoms. The van der Waals surface area contributed by atoms with Crippen molar-refractivity contribution in [2.45, 2.75) is 11.4 Å². The van der Waals surface area contributed by atoms with E-state index in [0.29, 0.717) is 5.92 Å². The van der Waals surface area contributed by atoms with Gasteiger partial charge in [-0.2, -0.15) is 0 Å². The van der Waals surface area contributed by atoms with Gasteiger partial charge >= 0.3 is 0 Å². The molecule has 1 N–H and O–H groups in total. The summed E-state index contributed by atoms with van der Waals surface area (Å²) in [4.78, 5) is 8.30. The number of nitrogens with one attached hydrogen (secondary N) is 1. The highest BCUT2D eigenvalue weighted by atomic mass is 32.2. The molecule has 2 heterocycles. The van der Waals surface area contributed by atoms with E-state index in [0.717, 1.165) is 37.0 Å². The van der Waals surface area contributed by atoms with E-state index in [-0.39, 0.29) is 0 Å². The van der Waals surface area contributed by atoms with Crippen molar-refractivity contribution >= 4 is 17.6 Å². The zero-order valence-corrected chi connectivity index (χ0v) is 9.59. The molecule has 15 heavy (non-hydrogen) atoms. The van der Waals surface area contributed by atoms with Gasteiger partial charge in [-0.05, 0) is 12.7 Å². The molecule has 4 nitrogen and oxygen atoms in total. The Morgan fingerprint density at radius 3 is 3.27 bits per heavy atom. The van der Waals surface area contributed by atoms with E-state index in [2.05, 4.69) is 15.3 Å². The van der Waals surface area contributed by atoms with Crippen LogP contribution in [-0.2, 0) is 4.74 Å². The summed E-state index contributed by atoms with van der Waals surface area (Å²) >= 11 is 1.63. The number of nitrogens with zero attached hydrogens (tertiary/aromatic N) is 2. The molecule has 1 aliphatic heterocycles. The van der Waals surface area contributed by atoms with E-state index in [1.165, 1.54) is 0 Å². The molecule has 0 bridgehead atoms. The number of thioether (sulfide) groups is 1. The van der Waals surface area contributed by atoms with Crippen LogP contribution in [0.5, 0.6) is 0 Å². The molecule has 1 unspecified atom stereocenters. The molecule has 1 aliphatic rings. The quantitative estimate of drug-likeness (QED) is 0.623. The van der Waals surface area contributed by atoms with Crippen molar-refractivity contribution in [1.29, 1.82) is 0 Å². The van der Waals surface area contributed by atoms with Gasteiger partial charge in [-0.15, -0.1) is 11.8 Å². The Labute approximate surface area is 93.8 Å². The SMILES string of the molecule is CSc1cc(NCC2CCOC2)ncn1. The van der Waals surface area contributed by atoms with Crippen molar-refractivity contribution in [2.24, 2.45) is 5.92 Å². The highest BCUT2D eigenvalue weighted by Gasteiger charge is 2.15. The fourth-order valence-corrected chi connectivity index (χ4v) is 1.92. The van der Waals surface area contributed by atoms with Crippen LogP contribution in [0.15, 0.2) is 17.4 Å². The first-order valence-corrected chi connectivity index (χ1v) is 6.28. The lowest BCUT2D eigenvalue weighted by atomic mass is 10.1. The second-order valence-corrected chi connectivity index (χ2v) is 4.38. The maximum Gasteiger partial charge on any atom is 0.130 e. The third-order valence-corrected chi connectivity index (χ3v) is 3.09. The van der Waals surface area contributed by atoms with Crippen molar-refractivity contribution < 1.29 is 4.74 Å². The van der Waals surface area contributed by atoms with Gasteiger partial charge in [-0.1, -0.05) is 0 Å². The lowest BCUT2D eigenvalue weighted by molar-refractivity contribution is 0.187. The Bertz CT molecular complexity index is 315. The van der Waals surface area contributed by atoms with E-state index in [4.69, 9.17) is 4.74 Å². The van der Waals surface area contributed by atoms with Crippen molar-refractivity contribution in [3.63, 3.8) is 0 Å². The van der Waals surface area contributed by atoms with Gasteiger partial charge in [0.15, 0.2) is 0 Å². The van der Waals surface area contributed by atoms with Gasteiger partial charge < -0.3 is 10.1 Å². The highest BCUT2D eigenvalue weighted by molar-refractivity contribution is 7.98. The summed E-state index contributed by atoms with van der Waals surface area (Å²) in [6.45, 7) is 2.70. The van der Waals surface area contributed by atoms with E-state index in [1.54, 1.807) is 18.1 Å². The zero-order valence-electron chi connectivity index (χ0n) is 8.77. The van der Waals surface area contributed by atoms with Crippen LogP contribution in [-0.4, -0.2) is 36.0 Å². The molecule has 1 saturated heterocycles. The first kappa shape index (κ1) is 10.7. The number of ether oxygens (including phenoxy) is 1. The summed E-state index contributed by atoms with van der Waals surface area (Å²) in [5.74, 6) is 1.53. The van der Waals surface area contributed by atoms with Crippen LogP contribution in [0, 0.1) is 5.92 Å². The molecule has 1 fully saturated rings. The smallest absolute Gasteiger partial charge is 0.130 e. The first-order valence-electron chi connectivity index (χ1n) is 5.06. The topological polar surface area (TPSA) is 47.0 Å². The molecule has 1 aromatic heterocycles. The zero-order chi connectivity index (χ0) is 10.5. The minimum Gasteiger partial charge on any atom is -0.381 e. The predicted molar refractivity (Wildman–Crippen MR) is 61.2 cm³/mol. The monoisotopic (exact) mass is 225 g/mol. The number of hydrogen-bond donors (Lipinski definition) is 1. The Kier molecular flexibility index (Phi) is 3.80. The van der Waals surface area contributed by atoms with Crippen LogP contribution in [0.2, 0.25) is 0 Å². The molecule has 0 aromatic carbocycles. The number of hydrogen-bond acceptors (Lipinski definition) is 5.